The van der Waals surface area contributed by atoms with Crippen LogP contribution in [0.4, 0.5) is 17.1 Å². The van der Waals surface area contributed by atoms with Crippen LogP contribution in [0.15, 0.2) is 194 Å². The molecule has 9 unspecified atom stereocenters. The Balaban J connectivity index is 0.000000188. The van der Waals surface area contributed by atoms with E-state index < -0.39 is 68.3 Å². The Morgan fingerprint density at radius 1 is 0.451 bits per heavy atom. The molecule has 7 aromatic carbocycles. The van der Waals surface area contributed by atoms with Crippen LogP contribution in [0.2, 0.25) is 40.9 Å². The first-order chi connectivity index (χ1) is 62.2. The van der Waals surface area contributed by atoms with Crippen LogP contribution >= 0.6 is 0 Å². The number of ketones is 1. The molecule has 712 valence electrons. The quantitative estimate of drug-likeness (QED) is 0.0102. The number of aliphatic carboxylic acids is 2. The van der Waals surface area contributed by atoms with E-state index in [4.69, 9.17) is 39.9 Å². The number of rotatable bonds is 23. The van der Waals surface area contributed by atoms with Gasteiger partial charge >= 0.3 is 77.3 Å². The van der Waals surface area contributed by atoms with Gasteiger partial charge in [0.2, 0.25) is 0 Å². The number of non-ortho nitro benzene ring substituents is 2. The summed E-state index contributed by atoms with van der Waals surface area (Å²) < 4.78 is 23.7. The molecule has 14 N–H and O–H groups in total. The van der Waals surface area contributed by atoms with Crippen molar-refractivity contribution in [1.82, 2.24) is 34.2 Å². The van der Waals surface area contributed by atoms with Gasteiger partial charge in [-0.15, -0.1) is 12.1 Å². The van der Waals surface area contributed by atoms with Gasteiger partial charge in [-0.3, -0.25) is 39.4 Å². The maximum atomic E-state index is 11.2. The Morgan fingerprint density at radius 3 is 1.05 bits per heavy atom. The van der Waals surface area contributed by atoms with Crippen molar-refractivity contribution in [3.63, 3.8) is 0 Å². The minimum atomic E-state index is -1.11. The average molecular weight is 1850 g/mol. The van der Waals surface area contributed by atoms with E-state index >= 15 is 0 Å². The maximum Gasteiger partial charge on any atom is 2.00 e. The molecule has 11 aliphatic heterocycles. The second kappa shape index (κ2) is 50.3. The van der Waals surface area contributed by atoms with Crippen LogP contribution in [0.3, 0.4) is 0 Å². The monoisotopic (exact) mass is 1850 g/mol. The molecule has 11 aliphatic rings. The smallest absolute Gasteiger partial charge is 0.480 e. The van der Waals surface area contributed by atoms with Crippen LogP contribution in [0, 0.1) is 34.6 Å². The van der Waals surface area contributed by atoms with E-state index in [1.807, 2.05) is 135 Å². The number of nitrogen functional groups attached to an aromatic ring is 1. The topological polar surface area (TPSA) is 454 Å². The molecular formula is C94H134B6MgN10O22. The summed E-state index contributed by atoms with van der Waals surface area (Å²) in [6.07, 6.45) is 10.2. The van der Waals surface area contributed by atoms with Crippen molar-refractivity contribution in [3.05, 3.63) is 268 Å². The number of morpholine rings is 4. The van der Waals surface area contributed by atoms with Gasteiger partial charge in [-0.1, -0.05) is 154 Å². The van der Waals surface area contributed by atoms with E-state index in [1.165, 1.54) is 52.9 Å². The fourth-order valence-corrected chi connectivity index (χ4v) is 19.8. The largest absolute Gasteiger partial charge is 2.00 e. The first-order valence-electron chi connectivity index (χ1n) is 45.5. The third-order valence-electron chi connectivity index (χ3n) is 26.0. The number of fused-ring (bicyclic) bond motifs is 8. The van der Waals surface area contributed by atoms with E-state index in [2.05, 4.69) is 76.9 Å². The second-order valence-corrected chi connectivity index (χ2v) is 37.1. The molecule has 0 aliphatic carbocycles. The molecule has 13 atom stereocenters. The van der Waals surface area contributed by atoms with E-state index in [-0.39, 0.29) is 134 Å². The third-order valence-corrected chi connectivity index (χ3v) is 26.0. The number of carbonyl (C=O) groups excluding carboxylic acids is 1. The molecule has 0 spiro atoms. The number of nitrogens with two attached hydrogens (primary N) is 1. The number of anilines is 1. The van der Waals surface area contributed by atoms with Gasteiger partial charge in [0.1, 0.15) is 17.9 Å². The van der Waals surface area contributed by atoms with E-state index in [0.29, 0.717) is 57.1 Å². The molecule has 11 heterocycles. The number of aliphatic hydroxyl groups is 3. The maximum absolute atomic E-state index is 11.2. The van der Waals surface area contributed by atoms with Crippen molar-refractivity contribution < 1.29 is 98.9 Å². The Bertz CT molecular complexity index is 4750. The molecule has 7 aromatic rings. The zero-order valence-corrected chi connectivity index (χ0v) is 79.8. The summed E-state index contributed by atoms with van der Waals surface area (Å²) in [7, 11) is -3.60. The van der Waals surface area contributed by atoms with Gasteiger partial charge < -0.3 is 117 Å². The van der Waals surface area contributed by atoms with Gasteiger partial charge in [-0.2, -0.15) is 24.6 Å². The summed E-state index contributed by atoms with van der Waals surface area (Å²) in [6, 6.07) is 60.7. The number of Topliss-reactive ketones (excluding diaryl/α,β-unsaturated/α-hetero) is 1. The van der Waals surface area contributed by atoms with Crippen LogP contribution in [-0.4, -0.2) is 332 Å². The number of benzene rings is 7. The van der Waals surface area contributed by atoms with E-state index in [9.17, 15) is 75.1 Å². The number of carboxylic acids is 2. The number of nitrogens with one attached hydrogen (secondary N) is 1. The Morgan fingerprint density at radius 2 is 0.774 bits per heavy atom. The van der Waals surface area contributed by atoms with Crippen LogP contribution in [0.5, 0.6) is 0 Å². The second-order valence-electron chi connectivity index (χ2n) is 37.1. The van der Waals surface area contributed by atoms with Crippen LogP contribution in [0.1, 0.15) is 104 Å². The van der Waals surface area contributed by atoms with Crippen LogP contribution in [-0.2, 0) is 71.9 Å². The van der Waals surface area contributed by atoms with Gasteiger partial charge in [0.15, 0.2) is 0 Å². The third kappa shape index (κ3) is 31.2. The molecule has 32 nitrogen and oxygen atoms in total. The SMILES string of the molecule is CB(O)N1CC(=O)CC1C(=O)O.CB(O)N1CC(O)(Cc2ccccc2)CC1C(=O)O.CB(O)N1CC(O)(Cc2ccccc2)CC1CO.CB(O)N1C[C@]2(Cc3ccc(N)cc3)CC1CO2.CB(O)N1C[C@]2(Cc3ccc([N+](=O)[O-])cc3)CC1CO2.CB(O)N1C[C@]2(Cc3ccccc3)CC1CO2.CCC.O=[N+]([O-])c1ccc(C[C@]23CNC(CO2)C3)cc1.[CH2-]c1ccccc1.[CH3-].[Mg+2]. The molecule has 0 saturated carbocycles. The van der Waals surface area contributed by atoms with E-state index in [1.54, 1.807) is 42.7 Å². The summed E-state index contributed by atoms with van der Waals surface area (Å²) in [5.74, 6) is -2.20. The number of β-amino-alcohol motifs (C(OH)–C–C–N with tert-alkyl or cyclic N) is 2. The summed E-state index contributed by atoms with van der Waals surface area (Å²) in [5.41, 5.74) is 12.0. The summed E-state index contributed by atoms with van der Waals surface area (Å²) in [4.78, 5) is 63.8. The summed E-state index contributed by atoms with van der Waals surface area (Å²) in [5, 5.41) is 131. The molecule has 8 bridgehead atoms. The number of aliphatic hydroxyl groups excluding tert-OH is 1. The molecule has 0 radical (unpaired) electrons. The normalized spacial score (nSPS) is 27.1. The van der Waals surface area contributed by atoms with Crippen molar-refractivity contribution in [2.75, 3.05) is 84.6 Å². The van der Waals surface area contributed by atoms with Crippen molar-refractivity contribution in [1.29, 1.82) is 0 Å². The van der Waals surface area contributed by atoms with Crippen molar-refractivity contribution in [2.45, 2.75) is 221 Å². The van der Waals surface area contributed by atoms with Crippen molar-refractivity contribution >= 4 is 100 Å². The molecule has 39 heteroatoms. The first kappa shape index (κ1) is 110. The first-order valence-corrected chi connectivity index (χ1v) is 45.5. The number of carbonyl (C=O) groups is 3. The van der Waals surface area contributed by atoms with Crippen molar-refractivity contribution in [3.8, 4) is 0 Å². The van der Waals surface area contributed by atoms with Gasteiger partial charge in [-0.05, 0) is 119 Å². The fraction of sp³-hybridized carbons (Fsp3) is 0.500. The number of nitro benzene ring substituents is 2. The fourth-order valence-electron chi connectivity index (χ4n) is 19.8. The van der Waals surface area contributed by atoms with Gasteiger partial charge in [0.05, 0.1) is 76.5 Å². The van der Waals surface area contributed by atoms with Gasteiger partial charge in [-0.25, -0.2) is 0 Å². The Kier molecular flexibility index (Phi) is 41.7. The average Bonchev–Trinajstić information content (AvgIpc) is 1.61. The molecule has 11 fully saturated rings. The van der Waals surface area contributed by atoms with Gasteiger partial charge in [0, 0.05) is 157 Å². The Hall–Kier alpha value is -8.02. The minimum Gasteiger partial charge on any atom is -0.480 e. The van der Waals surface area contributed by atoms with Crippen molar-refractivity contribution in [2.24, 2.45) is 0 Å². The summed E-state index contributed by atoms with van der Waals surface area (Å²) in [6.45, 7) is 24.8. The zero-order valence-electron chi connectivity index (χ0n) is 78.3. The predicted octanol–water partition coefficient (Wildman–Crippen LogP) is 6.85. The standard InChI is InChI=1S/C13H17BN2O4.C13H19BN2O2.C13H18BNO4.C13H20BNO3.C13H18BNO2.C12H14N2O3.C7H7.C6H10BNO4.C3H8.CH3.Mg/c1-14(17)15-9-13(7-12(15)8-20-13)6-10-2-4-11(5-3-10)16(18)19;1-14(17)16-9-13(7-12(16)8-18-13)6-10-2-4-11(15)5-3-10;1-14(19)15-9-13(18,8-11(15)12(16)17)7-10-5-3-2-4-6-10;1-14(18)15-10-13(17,8-12(15)9-16)7-11-5-3-2-4-6-11;1-14(16)15-10-13(8-12(15)9-17-13)7-11-5-3-2-4-6-11;15-14(16)11-3-1-9(2-4-11)5-12-6-10(7-17-12)13-8-12;1-7-5-3-2-4-6-7;1-7(12)8-3-4(9)2-5(8)6(10)11;1-3-2;;/h2-5,12,17H,6-9H2,1H3;2-5,12,17H,6-9,15H2,1H3;2-6,11,18-19H,7-9H2,1H3,(H,16,17);2-6,12,16-18H,7-10H2,1H3;2-6,12,16H,7-10H2,1H3;1-4,10,13H,5-8H2;2-6H,1H2;5,12H,2-3H2,1H3,(H,10,11);3H2,1-2H3;1H3;/q;;;;;;-1;;;-1;+2/t2*12?,13-;;;12?,13-;10?,12-;;;;;/m00..00...../s1. The molecular weight excluding hydrogens is 1710 g/mol. The number of carboxylic acid groups (broad SMARTS) is 2. The number of ether oxygens (including phenoxy) is 4. The van der Waals surface area contributed by atoms with Crippen LogP contribution < -0.4 is 11.1 Å². The molecule has 11 saturated heterocycles. The number of nitrogens with zero attached hydrogens (tertiary/aromatic N) is 8. The number of nitro groups is 2. The minimum absolute atomic E-state index is 0. The molecule has 133 heavy (non-hydrogen) atoms. The zero-order chi connectivity index (χ0) is 95.2. The number of hydrogen-bond acceptors (Lipinski definition) is 28. The van der Waals surface area contributed by atoms with E-state index in [0.717, 1.165) is 124 Å². The molecule has 0 amide bonds. The predicted molar refractivity (Wildman–Crippen MR) is 520 cm³/mol. The Labute approximate surface area is 801 Å². The summed E-state index contributed by atoms with van der Waals surface area (Å²) >= 11 is 0. The number of hydrogen-bond donors (Lipinski definition) is 13. The molecule has 18 rings (SSSR count). The van der Waals surface area contributed by atoms with Gasteiger partial charge in [0.25, 0.3) is 11.4 Å². The molecule has 0 aromatic heterocycles. The van der Waals surface area contributed by atoms with Crippen LogP contribution in [0.25, 0.3) is 0 Å².